The van der Waals surface area contributed by atoms with Crippen LogP contribution in [0.4, 0.5) is 5.13 Å². The highest BCUT2D eigenvalue weighted by Crippen LogP contribution is 2.33. The van der Waals surface area contributed by atoms with Crippen molar-refractivity contribution < 1.29 is 4.79 Å². The molecule has 1 N–H and O–H groups in total. The highest BCUT2D eigenvalue weighted by Gasteiger charge is 2.26. The van der Waals surface area contributed by atoms with Crippen LogP contribution in [0.2, 0.25) is 0 Å². The van der Waals surface area contributed by atoms with E-state index in [2.05, 4.69) is 33.2 Å². The molecule has 3 nitrogen and oxygen atoms in total. The lowest BCUT2D eigenvalue weighted by Gasteiger charge is -2.27. The molecular formula is C18H23BrN2OS. The molecule has 1 aromatic heterocycles. The lowest BCUT2D eigenvalue weighted by molar-refractivity contribution is -0.121. The number of thiazole rings is 1. The Kier molecular flexibility index (Phi) is 5.70. The molecule has 1 heterocycles. The van der Waals surface area contributed by atoms with Gasteiger partial charge in [0.25, 0.3) is 0 Å². The Labute approximate surface area is 150 Å². The van der Waals surface area contributed by atoms with E-state index in [1.165, 1.54) is 32.1 Å². The summed E-state index contributed by atoms with van der Waals surface area (Å²) in [5, 5.41) is 3.75. The first-order valence-electron chi connectivity index (χ1n) is 8.52. The highest BCUT2D eigenvalue weighted by molar-refractivity contribution is 9.10. The number of nitrogens with zero attached hydrogens (tertiary/aromatic N) is 1. The fraction of sp³-hybridized carbons (Fsp3) is 0.556. The molecule has 124 valence electrons. The number of halogens is 1. The quantitative estimate of drug-likeness (QED) is 0.675. The number of rotatable bonds is 5. The Balaban J connectivity index is 1.56. The normalized spacial score (nSPS) is 21.5. The van der Waals surface area contributed by atoms with Gasteiger partial charge in [-0.05, 0) is 49.8 Å². The third-order valence-corrected chi connectivity index (χ3v) is 6.19. The topological polar surface area (TPSA) is 42.0 Å². The van der Waals surface area contributed by atoms with Crippen LogP contribution in [-0.2, 0) is 4.79 Å². The summed E-state index contributed by atoms with van der Waals surface area (Å²) in [4.78, 5) is 17.0. The zero-order valence-electron chi connectivity index (χ0n) is 13.5. The van der Waals surface area contributed by atoms with E-state index < -0.39 is 0 Å². The number of hydrogen-bond donors (Lipinski definition) is 1. The van der Waals surface area contributed by atoms with E-state index in [1.807, 2.05) is 18.2 Å². The SMILES string of the molecule is CCCCC1CCC(C(=O)Nc2nc3ccc(Br)cc3s2)CC1. The predicted octanol–water partition coefficient (Wildman–Crippen LogP) is 5.99. The number of nitrogens with one attached hydrogen (secondary N) is 1. The van der Waals surface area contributed by atoms with Crippen LogP contribution in [0.25, 0.3) is 10.2 Å². The molecule has 0 saturated heterocycles. The van der Waals surface area contributed by atoms with Crippen LogP contribution in [0.15, 0.2) is 22.7 Å². The molecule has 0 spiro atoms. The van der Waals surface area contributed by atoms with Crippen molar-refractivity contribution in [3.05, 3.63) is 22.7 Å². The standard InChI is InChI=1S/C18H23BrN2OS/c1-2-3-4-12-5-7-13(8-6-12)17(22)21-18-20-15-10-9-14(19)11-16(15)23-18/h9-13H,2-8H2,1H3,(H,20,21,22). The molecule has 0 aliphatic heterocycles. The first-order chi connectivity index (χ1) is 11.2. The molecule has 0 atom stereocenters. The van der Waals surface area contributed by atoms with Gasteiger partial charge in [0, 0.05) is 10.4 Å². The molecule has 0 bridgehead atoms. The van der Waals surface area contributed by atoms with Gasteiger partial charge in [-0.15, -0.1) is 0 Å². The summed E-state index contributed by atoms with van der Waals surface area (Å²) in [5.41, 5.74) is 0.941. The summed E-state index contributed by atoms with van der Waals surface area (Å²) in [6.07, 6.45) is 8.37. The van der Waals surface area contributed by atoms with Gasteiger partial charge in [-0.25, -0.2) is 4.98 Å². The molecule has 1 aliphatic rings. The first-order valence-corrected chi connectivity index (χ1v) is 10.1. The van der Waals surface area contributed by atoms with Gasteiger partial charge >= 0.3 is 0 Å². The average Bonchev–Trinajstić information content (AvgIpc) is 2.94. The van der Waals surface area contributed by atoms with Crippen LogP contribution < -0.4 is 5.32 Å². The zero-order valence-corrected chi connectivity index (χ0v) is 15.9. The van der Waals surface area contributed by atoms with Crippen LogP contribution in [0.1, 0.15) is 51.9 Å². The third-order valence-electron chi connectivity index (χ3n) is 4.76. The summed E-state index contributed by atoms with van der Waals surface area (Å²) in [6, 6.07) is 6.00. The maximum atomic E-state index is 12.5. The monoisotopic (exact) mass is 394 g/mol. The molecule has 1 saturated carbocycles. The molecular weight excluding hydrogens is 372 g/mol. The van der Waals surface area contributed by atoms with E-state index in [0.717, 1.165) is 38.6 Å². The lowest BCUT2D eigenvalue weighted by atomic mass is 9.79. The maximum absolute atomic E-state index is 12.5. The van der Waals surface area contributed by atoms with Crippen LogP contribution in [-0.4, -0.2) is 10.9 Å². The second-order valence-corrected chi connectivity index (χ2v) is 8.43. The van der Waals surface area contributed by atoms with Gasteiger partial charge in [-0.2, -0.15) is 0 Å². The predicted molar refractivity (Wildman–Crippen MR) is 101 cm³/mol. The number of unbranched alkanes of at least 4 members (excludes halogenated alkanes) is 1. The van der Waals surface area contributed by atoms with Crippen molar-refractivity contribution >= 4 is 48.5 Å². The minimum atomic E-state index is 0.150. The van der Waals surface area contributed by atoms with Crippen molar-refractivity contribution in [3.63, 3.8) is 0 Å². The summed E-state index contributed by atoms with van der Waals surface area (Å²) in [7, 11) is 0. The Morgan fingerprint density at radius 3 is 2.87 bits per heavy atom. The van der Waals surface area contributed by atoms with Gasteiger partial charge in [0.15, 0.2) is 5.13 Å². The van der Waals surface area contributed by atoms with E-state index in [1.54, 1.807) is 11.3 Å². The van der Waals surface area contributed by atoms with E-state index in [9.17, 15) is 4.79 Å². The Bertz CT molecular complexity index is 677. The number of carbonyl (C=O) groups excluding carboxylic acids is 1. The molecule has 2 aromatic rings. The number of fused-ring (bicyclic) bond motifs is 1. The molecule has 23 heavy (non-hydrogen) atoms. The minimum Gasteiger partial charge on any atom is -0.302 e. The molecule has 0 unspecified atom stereocenters. The molecule has 1 amide bonds. The number of carbonyl (C=O) groups is 1. The fourth-order valence-electron chi connectivity index (χ4n) is 3.37. The van der Waals surface area contributed by atoms with Crippen molar-refractivity contribution in [1.29, 1.82) is 0 Å². The van der Waals surface area contributed by atoms with Gasteiger partial charge in [-0.3, -0.25) is 4.79 Å². The van der Waals surface area contributed by atoms with Crippen molar-refractivity contribution in [2.75, 3.05) is 5.32 Å². The second-order valence-electron chi connectivity index (χ2n) is 6.48. The van der Waals surface area contributed by atoms with Gasteiger partial charge in [-0.1, -0.05) is 53.5 Å². The van der Waals surface area contributed by atoms with Crippen molar-refractivity contribution in [2.24, 2.45) is 11.8 Å². The highest BCUT2D eigenvalue weighted by atomic mass is 79.9. The van der Waals surface area contributed by atoms with Crippen LogP contribution >= 0.6 is 27.3 Å². The van der Waals surface area contributed by atoms with Gasteiger partial charge < -0.3 is 5.32 Å². The number of aromatic nitrogens is 1. The lowest BCUT2D eigenvalue weighted by Crippen LogP contribution is -2.27. The van der Waals surface area contributed by atoms with Crippen LogP contribution in [0.3, 0.4) is 0 Å². The average molecular weight is 395 g/mol. The van der Waals surface area contributed by atoms with Crippen molar-refractivity contribution in [2.45, 2.75) is 51.9 Å². The summed E-state index contributed by atoms with van der Waals surface area (Å²) in [6.45, 7) is 2.25. The van der Waals surface area contributed by atoms with Crippen LogP contribution in [0, 0.1) is 11.8 Å². The number of hydrogen-bond acceptors (Lipinski definition) is 3. The van der Waals surface area contributed by atoms with Gasteiger partial charge in [0.1, 0.15) is 0 Å². The number of benzene rings is 1. The number of amides is 1. The summed E-state index contributed by atoms with van der Waals surface area (Å²) >= 11 is 5.01. The first kappa shape index (κ1) is 16.9. The van der Waals surface area contributed by atoms with Gasteiger partial charge in [0.2, 0.25) is 5.91 Å². The minimum absolute atomic E-state index is 0.150. The Morgan fingerprint density at radius 2 is 2.13 bits per heavy atom. The molecule has 0 radical (unpaired) electrons. The maximum Gasteiger partial charge on any atom is 0.229 e. The van der Waals surface area contributed by atoms with E-state index >= 15 is 0 Å². The van der Waals surface area contributed by atoms with Gasteiger partial charge in [0.05, 0.1) is 10.2 Å². The van der Waals surface area contributed by atoms with E-state index in [4.69, 9.17) is 0 Å². The molecule has 1 aliphatic carbocycles. The molecule has 5 heteroatoms. The molecule has 1 fully saturated rings. The zero-order chi connectivity index (χ0) is 16.2. The molecule has 1 aromatic carbocycles. The smallest absolute Gasteiger partial charge is 0.229 e. The van der Waals surface area contributed by atoms with Crippen molar-refractivity contribution in [1.82, 2.24) is 4.98 Å². The Hall–Kier alpha value is -0.940. The number of anilines is 1. The Morgan fingerprint density at radius 1 is 1.35 bits per heavy atom. The second kappa shape index (κ2) is 7.75. The molecule has 3 rings (SSSR count). The van der Waals surface area contributed by atoms with Crippen molar-refractivity contribution in [3.8, 4) is 0 Å². The van der Waals surface area contributed by atoms with E-state index in [0.29, 0.717) is 0 Å². The summed E-state index contributed by atoms with van der Waals surface area (Å²) in [5.74, 6) is 1.14. The summed E-state index contributed by atoms with van der Waals surface area (Å²) < 4.78 is 2.13. The van der Waals surface area contributed by atoms with E-state index in [-0.39, 0.29) is 11.8 Å². The fourth-order valence-corrected chi connectivity index (χ4v) is 4.79. The van der Waals surface area contributed by atoms with Crippen LogP contribution in [0.5, 0.6) is 0 Å². The third kappa shape index (κ3) is 4.32. The largest absolute Gasteiger partial charge is 0.302 e.